The number of aryl methyl sites for hydroxylation is 1. The molecule has 3 rings (SSSR count). The molecule has 3 heterocycles. The Hall–Kier alpha value is -1.96. The molecule has 0 saturated carbocycles. The summed E-state index contributed by atoms with van der Waals surface area (Å²) >= 11 is 0. The Balaban J connectivity index is 1.83. The van der Waals surface area contributed by atoms with E-state index < -0.39 is 11.1 Å². The molecule has 2 aromatic heterocycles. The monoisotopic (exact) mass is 387 g/mol. The fourth-order valence-corrected chi connectivity index (χ4v) is 3.96. The largest absolute Gasteiger partial charge is 0.389 e. The third-order valence-electron chi connectivity index (χ3n) is 5.36. The van der Waals surface area contributed by atoms with Crippen molar-refractivity contribution in [2.45, 2.75) is 51.8 Å². The van der Waals surface area contributed by atoms with E-state index in [1.54, 1.807) is 13.8 Å². The van der Waals surface area contributed by atoms with Crippen LogP contribution in [0.5, 0.6) is 0 Å². The van der Waals surface area contributed by atoms with Gasteiger partial charge in [0.2, 0.25) is 5.91 Å². The molecule has 0 aliphatic carbocycles. The molecule has 1 saturated heterocycles. The Morgan fingerprint density at radius 1 is 1.32 bits per heavy atom. The highest BCUT2D eigenvalue weighted by atomic mass is 16.3. The van der Waals surface area contributed by atoms with E-state index in [9.17, 15) is 9.90 Å². The van der Waals surface area contributed by atoms with Gasteiger partial charge in [-0.15, -0.1) is 0 Å². The second-order valence-electron chi connectivity index (χ2n) is 9.20. The predicted molar refractivity (Wildman–Crippen MR) is 110 cm³/mol. The molecule has 1 atom stereocenters. The number of likely N-dealkylation sites (N-methyl/N-ethyl adjacent to an activating group) is 1. The minimum Gasteiger partial charge on any atom is -0.389 e. The lowest BCUT2D eigenvalue weighted by atomic mass is 10.0. The Bertz CT molecular complexity index is 852. The van der Waals surface area contributed by atoms with Crippen LogP contribution in [0, 0.1) is 6.92 Å². The molecule has 2 aromatic rings. The van der Waals surface area contributed by atoms with Crippen molar-refractivity contribution in [1.82, 2.24) is 24.5 Å². The number of hydrogen-bond donors (Lipinski definition) is 2. The van der Waals surface area contributed by atoms with Crippen LogP contribution >= 0.6 is 0 Å². The summed E-state index contributed by atoms with van der Waals surface area (Å²) in [5, 5.41) is 13.5. The van der Waals surface area contributed by atoms with Crippen LogP contribution in [0.15, 0.2) is 24.5 Å². The van der Waals surface area contributed by atoms with E-state index >= 15 is 0 Å². The summed E-state index contributed by atoms with van der Waals surface area (Å²) in [7, 11) is 2.03. The van der Waals surface area contributed by atoms with Gasteiger partial charge in [0, 0.05) is 32.4 Å². The zero-order valence-electron chi connectivity index (χ0n) is 17.9. The lowest BCUT2D eigenvalue weighted by Gasteiger charge is -2.42. The van der Waals surface area contributed by atoms with E-state index in [1.807, 2.05) is 43.8 Å². The molecule has 0 unspecified atom stereocenters. The van der Waals surface area contributed by atoms with Gasteiger partial charge in [0.25, 0.3) is 0 Å². The second-order valence-corrected chi connectivity index (χ2v) is 9.20. The van der Waals surface area contributed by atoms with Crippen molar-refractivity contribution in [3.05, 3.63) is 35.9 Å². The quantitative estimate of drug-likeness (QED) is 0.811. The molecular weight excluding hydrogens is 354 g/mol. The topological polar surface area (TPSA) is 73.1 Å². The molecule has 2 N–H and O–H groups in total. The van der Waals surface area contributed by atoms with Crippen molar-refractivity contribution in [1.29, 1.82) is 0 Å². The molecule has 0 spiro atoms. The van der Waals surface area contributed by atoms with Gasteiger partial charge in [-0.2, -0.15) is 0 Å². The molecule has 1 amide bonds. The van der Waals surface area contributed by atoms with E-state index in [-0.39, 0.29) is 11.9 Å². The molecule has 1 aliphatic heterocycles. The van der Waals surface area contributed by atoms with E-state index in [0.717, 1.165) is 30.0 Å². The molecule has 0 bridgehead atoms. The number of carbonyl (C=O) groups excluding carboxylic acids is 1. The average molecular weight is 388 g/mol. The Labute approximate surface area is 167 Å². The fraction of sp³-hybridized carbons (Fsp3) is 0.619. The maximum atomic E-state index is 13.3. The number of nitrogens with zero attached hydrogens (tertiary/aromatic N) is 4. The number of imidazole rings is 1. The third-order valence-corrected chi connectivity index (χ3v) is 5.36. The van der Waals surface area contributed by atoms with E-state index in [1.165, 1.54) is 0 Å². The van der Waals surface area contributed by atoms with E-state index in [4.69, 9.17) is 0 Å². The fourth-order valence-electron chi connectivity index (χ4n) is 3.96. The first kappa shape index (κ1) is 20.8. The molecule has 1 aliphatic rings. The van der Waals surface area contributed by atoms with Crippen molar-refractivity contribution in [3.8, 4) is 0 Å². The molecular formula is C21H33N5O2. The van der Waals surface area contributed by atoms with Crippen molar-refractivity contribution in [3.63, 3.8) is 0 Å². The lowest BCUT2D eigenvalue weighted by Crippen LogP contribution is -2.62. The smallest absolute Gasteiger partial charge is 0.239 e. The molecule has 28 heavy (non-hydrogen) atoms. The molecule has 7 nitrogen and oxygen atoms in total. The highest BCUT2D eigenvalue weighted by Gasteiger charge is 2.37. The molecule has 0 radical (unpaired) electrons. The van der Waals surface area contributed by atoms with Gasteiger partial charge in [-0.25, -0.2) is 4.98 Å². The van der Waals surface area contributed by atoms with Gasteiger partial charge in [-0.3, -0.25) is 9.69 Å². The number of carbonyl (C=O) groups is 1. The van der Waals surface area contributed by atoms with Crippen molar-refractivity contribution in [2.75, 3.05) is 33.2 Å². The van der Waals surface area contributed by atoms with E-state index in [2.05, 4.69) is 33.1 Å². The number of amides is 1. The number of nitrogens with one attached hydrogen (secondary N) is 1. The normalized spacial score (nSPS) is 19.9. The Kier molecular flexibility index (Phi) is 5.53. The standard InChI is InChI=1S/C21H33N5O2/c1-15-8-7-9-26-16(15)12-22-19(26)21(4,5)23-18(27)17-13-24(6)10-11-25(17)14-20(2,3)28/h7-9,12,17,28H,10-11,13-14H2,1-6H3,(H,23,27)/t17-/m0/s1. The number of aliphatic hydroxyl groups is 1. The first-order valence-electron chi connectivity index (χ1n) is 9.88. The van der Waals surface area contributed by atoms with Gasteiger partial charge >= 0.3 is 0 Å². The number of hydrogen-bond acceptors (Lipinski definition) is 5. The summed E-state index contributed by atoms with van der Waals surface area (Å²) in [4.78, 5) is 22.1. The summed E-state index contributed by atoms with van der Waals surface area (Å²) in [6.45, 7) is 12.3. The SMILES string of the molecule is Cc1cccn2c(C(C)(C)NC(=O)[C@@H]3CN(C)CCN3CC(C)(C)O)ncc12. The van der Waals surface area contributed by atoms with Crippen molar-refractivity contribution < 1.29 is 9.90 Å². The van der Waals surface area contributed by atoms with Crippen LogP contribution in [0.1, 0.15) is 39.1 Å². The molecule has 0 aromatic carbocycles. The zero-order valence-corrected chi connectivity index (χ0v) is 17.9. The molecule has 154 valence electrons. The Morgan fingerprint density at radius 3 is 2.71 bits per heavy atom. The van der Waals surface area contributed by atoms with Gasteiger partial charge in [0.15, 0.2) is 0 Å². The Morgan fingerprint density at radius 2 is 2.04 bits per heavy atom. The first-order chi connectivity index (χ1) is 13.0. The van der Waals surface area contributed by atoms with Gasteiger partial charge < -0.3 is 19.7 Å². The second kappa shape index (κ2) is 7.46. The van der Waals surface area contributed by atoms with E-state index in [0.29, 0.717) is 13.1 Å². The third kappa shape index (κ3) is 4.37. The number of β-amino-alcohol motifs (C(OH)–C–C–N with tert-alkyl or cyclic N) is 1. The number of fused-ring (bicyclic) bond motifs is 1. The summed E-state index contributed by atoms with van der Waals surface area (Å²) in [6.07, 6.45) is 3.83. The minimum absolute atomic E-state index is 0.0368. The summed E-state index contributed by atoms with van der Waals surface area (Å²) in [6, 6.07) is 3.74. The maximum absolute atomic E-state index is 13.3. The zero-order chi connectivity index (χ0) is 20.7. The average Bonchev–Trinajstić information content (AvgIpc) is 3.01. The number of piperazine rings is 1. The number of pyridine rings is 1. The number of aromatic nitrogens is 2. The van der Waals surface area contributed by atoms with Crippen molar-refractivity contribution in [2.24, 2.45) is 0 Å². The first-order valence-corrected chi connectivity index (χ1v) is 9.88. The van der Waals surface area contributed by atoms with Crippen LogP contribution < -0.4 is 5.32 Å². The van der Waals surface area contributed by atoms with Crippen LogP contribution in [0.4, 0.5) is 0 Å². The van der Waals surface area contributed by atoms with Gasteiger partial charge in [0.05, 0.1) is 22.9 Å². The summed E-state index contributed by atoms with van der Waals surface area (Å²) in [5.41, 5.74) is 0.712. The van der Waals surface area contributed by atoms with Crippen LogP contribution in [0.25, 0.3) is 5.52 Å². The highest BCUT2D eigenvalue weighted by molar-refractivity contribution is 5.83. The van der Waals surface area contributed by atoms with Crippen molar-refractivity contribution >= 4 is 11.4 Å². The maximum Gasteiger partial charge on any atom is 0.239 e. The van der Waals surface area contributed by atoms with Gasteiger partial charge in [-0.1, -0.05) is 6.07 Å². The summed E-state index contributed by atoms with van der Waals surface area (Å²) in [5.74, 6) is 0.767. The van der Waals surface area contributed by atoms with Gasteiger partial charge in [0.1, 0.15) is 11.9 Å². The minimum atomic E-state index is -0.846. The molecule has 7 heteroatoms. The van der Waals surface area contributed by atoms with Crippen LogP contribution in [-0.2, 0) is 10.3 Å². The lowest BCUT2D eigenvalue weighted by molar-refractivity contribution is -0.132. The predicted octanol–water partition coefficient (Wildman–Crippen LogP) is 1.38. The van der Waals surface area contributed by atoms with Crippen LogP contribution in [0.2, 0.25) is 0 Å². The van der Waals surface area contributed by atoms with Crippen LogP contribution in [0.3, 0.4) is 0 Å². The molecule has 1 fully saturated rings. The van der Waals surface area contributed by atoms with Crippen LogP contribution in [-0.4, -0.2) is 75.1 Å². The highest BCUT2D eigenvalue weighted by Crippen LogP contribution is 2.23. The van der Waals surface area contributed by atoms with Gasteiger partial charge in [-0.05, 0) is 53.3 Å². The summed E-state index contributed by atoms with van der Waals surface area (Å²) < 4.78 is 2.04. The number of rotatable bonds is 5.